The molecule has 34 atom stereocenters. The minimum Gasteiger partial charge on any atom is -0.497 e. The van der Waals surface area contributed by atoms with Crippen molar-refractivity contribution in [1.82, 2.24) is 0 Å². The molecule has 16 N–H and O–H groups in total. The lowest BCUT2D eigenvalue weighted by atomic mass is 9.33. The van der Waals surface area contributed by atoms with Gasteiger partial charge in [0.1, 0.15) is 103 Å². The number of aliphatic carboxylic acids is 1. The number of hydrogen-bond acceptors (Lipinski definition) is 30. The zero-order chi connectivity index (χ0) is 72.8. The number of carboxylic acids is 1. The van der Waals surface area contributed by atoms with E-state index in [4.69, 9.17) is 56.8 Å². The largest absolute Gasteiger partial charge is 0.497 e. The fourth-order valence-corrected chi connectivity index (χ4v) is 19.0. The predicted molar refractivity (Wildman–Crippen MR) is 337 cm³/mol. The molecule has 5 aliphatic carbocycles. The zero-order valence-corrected chi connectivity index (χ0v) is 57.3. The second-order valence-electron chi connectivity index (χ2n) is 31.0. The summed E-state index contributed by atoms with van der Waals surface area (Å²) in [6.07, 6.45) is -36.7. The molecule has 100 heavy (non-hydrogen) atoms. The van der Waals surface area contributed by atoms with Crippen LogP contribution in [-0.4, -0.2) is 293 Å². The summed E-state index contributed by atoms with van der Waals surface area (Å²) in [4.78, 5) is 43.5. The molecule has 9 fully saturated rings. The molecule has 11 rings (SSSR count). The normalized spacial score (nSPS) is 49.4. The maximum Gasteiger partial charge on any atom is 0.331 e. The van der Waals surface area contributed by atoms with Gasteiger partial charge in [-0.25, -0.2) is 4.79 Å². The highest BCUT2D eigenvalue weighted by Crippen LogP contribution is 2.76. The first kappa shape index (κ1) is 77.1. The fourth-order valence-electron chi connectivity index (χ4n) is 19.0. The smallest absolute Gasteiger partial charge is 0.331 e. The van der Waals surface area contributed by atoms with Crippen molar-refractivity contribution in [3.8, 4) is 5.75 Å². The van der Waals surface area contributed by atoms with Gasteiger partial charge in [-0.15, -0.1) is 0 Å². The molecule has 31 nitrogen and oxygen atoms in total. The molecule has 0 radical (unpaired) electrons. The summed E-state index contributed by atoms with van der Waals surface area (Å²) in [5.41, 5.74) is -4.89. The number of carboxylic acid groups (broad SMARTS) is 1. The van der Waals surface area contributed by atoms with Crippen molar-refractivity contribution in [3.05, 3.63) is 47.6 Å². The molecule has 4 saturated carbocycles. The van der Waals surface area contributed by atoms with Crippen LogP contribution in [-0.2, 0) is 66.5 Å². The van der Waals surface area contributed by atoms with Crippen molar-refractivity contribution in [2.45, 2.75) is 266 Å². The molecule has 0 aromatic heterocycles. The van der Waals surface area contributed by atoms with Crippen molar-refractivity contribution in [3.63, 3.8) is 0 Å². The Labute approximate surface area is 578 Å². The van der Waals surface area contributed by atoms with Gasteiger partial charge < -0.3 is 139 Å². The molecule has 31 heteroatoms. The summed E-state index contributed by atoms with van der Waals surface area (Å²) in [6, 6.07) is 6.74. The van der Waals surface area contributed by atoms with Crippen LogP contribution in [0.3, 0.4) is 0 Å². The molecule has 564 valence electrons. The summed E-state index contributed by atoms with van der Waals surface area (Å²) < 4.78 is 71.1. The minimum absolute atomic E-state index is 0.00740. The third-order valence-electron chi connectivity index (χ3n) is 24.9. The van der Waals surface area contributed by atoms with E-state index >= 15 is 4.79 Å². The molecular weight excluding hydrogens is 1320 g/mol. The van der Waals surface area contributed by atoms with Gasteiger partial charge in [0.05, 0.1) is 62.7 Å². The number of rotatable bonds is 18. The van der Waals surface area contributed by atoms with Crippen molar-refractivity contribution >= 4 is 24.0 Å². The molecule has 1 aromatic rings. The van der Waals surface area contributed by atoms with Crippen LogP contribution in [0, 0.1) is 50.2 Å². The molecule has 0 unspecified atom stereocenters. The van der Waals surface area contributed by atoms with E-state index in [1.807, 2.05) is 6.92 Å². The van der Waals surface area contributed by atoms with Crippen molar-refractivity contribution in [1.29, 1.82) is 0 Å². The molecule has 5 heterocycles. The molecule has 5 saturated heterocycles. The number of carbonyl (C=O) groups excluding carboxylic acids is 2. The number of fused-ring (bicyclic) bond motifs is 7. The Kier molecular flexibility index (Phi) is 22.6. The van der Waals surface area contributed by atoms with Gasteiger partial charge in [0.2, 0.25) is 6.29 Å². The van der Waals surface area contributed by atoms with Crippen molar-refractivity contribution < 1.29 is 153 Å². The first-order valence-corrected chi connectivity index (χ1v) is 34.6. The Balaban J connectivity index is 0.845. The van der Waals surface area contributed by atoms with E-state index in [0.717, 1.165) is 11.6 Å². The average Bonchev–Trinajstić information content (AvgIpc) is 0.669. The van der Waals surface area contributed by atoms with Gasteiger partial charge >= 0.3 is 17.9 Å². The van der Waals surface area contributed by atoms with Gasteiger partial charge in [-0.1, -0.05) is 51.5 Å². The van der Waals surface area contributed by atoms with Crippen LogP contribution in [0.15, 0.2) is 42.0 Å². The molecule has 0 spiro atoms. The first-order valence-electron chi connectivity index (χ1n) is 34.6. The lowest BCUT2D eigenvalue weighted by Gasteiger charge is -2.71. The Morgan fingerprint density at radius 2 is 1.15 bits per heavy atom. The number of ether oxygens (including phenoxy) is 12. The van der Waals surface area contributed by atoms with Gasteiger partial charge in [0, 0.05) is 11.5 Å². The SMILES string of the molecule is COc1ccc(C=CC(=O)O[C@@H]2[C@H](O)[C@@H](O[C@@H]3O[C@@H](C)[C@H](O[C@@H]4OC[C@@H](O[C@@H]5O[C@H](CO)[C@H](O)[C@H](O)[C@H]5O)[C@H](O)[C@H]4O)[C@@H](O)[C@H]3O)[C@H](OC(=O)[C@]34CCC(C)(C)C[C@H]3C3=CC[C@@H]5[C@@]6(C)C[C@H](O)[C@H](O[C@@H]7O[C@H](CO)[C@@H](O)[C@H](O)[C@H]7O)[C@@](C)(C(=O)O)[C@@H]6CC[C@@]5(C)[C@]3(CO)CC4)O[C@@H]2C)cc1. The number of carbonyl (C=O) groups is 3. The molecule has 5 aliphatic heterocycles. The quantitative estimate of drug-likeness (QED) is 0.0320. The van der Waals surface area contributed by atoms with Crippen LogP contribution in [0.4, 0.5) is 0 Å². The first-order chi connectivity index (χ1) is 47.1. The number of aliphatic hydroxyl groups excluding tert-OH is 15. The lowest BCUT2D eigenvalue weighted by molar-refractivity contribution is -0.378. The molecule has 1 aromatic carbocycles. The number of allylic oxidation sites excluding steroid dienone is 1. The van der Waals surface area contributed by atoms with Gasteiger partial charge in [-0.2, -0.15) is 0 Å². The lowest BCUT2D eigenvalue weighted by Crippen LogP contribution is -2.71. The second kappa shape index (κ2) is 29.4. The summed E-state index contributed by atoms with van der Waals surface area (Å²) in [5, 5.41) is 177. The standard InChI is InChI=1S/C69H102O31/c1-29-53(97-57-48(81)44(77)38(27-90-57)95-59-49(82)45(78)42(75)36(25-70)93-59)47(80)51(84)58(91-29)98-55-52(85)54(96-41(74)16-11-31-9-12-32(89-8)13-10-31)30(2)92-61(55)100-63(88)68-20-19-64(3,4)23-34(68)33-14-15-39-65(5)24-35(73)56(99-60-50(83)46(79)43(76)37(26-71)94-60)67(7,62(86)87)40(65)17-18-66(39,6)69(33,28-72)22-21-68/h9-14,16,29-30,34-40,42-61,70-73,75-85H,15,17-28H2,1-8H3,(H,86,87)/t29-,30+,34-,35-,36+,37+,38+,39+,40+,42-,43+,44-,45-,46-,47-,48+,49+,50+,51+,52-,53-,54-,55+,56-,57-,58-,59-,60-,61-,65+,66+,67-,68-,69-/m0/s1. The van der Waals surface area contributed by atoms with Crippen LogP contribution in [0.2, 0.25) is 0 Å². The molecule has 0 amide bonds. The Morgan fingerprint density at radius 3 is 1.76 bits per heavy atom. The van der Waals surface area contributed by atoms with Crippen LogP contribution < -0.4 is 4.74 Å². The van der Waals surface area contributed by atoms with E-state index in [0.29, 0.717) is 37.0 Å². The van der Waals surface area contributed by atoms with Gasteiger partial charge in [-0.3, -0.25) is 9.59 Å². The molecule has 0 bridgehead atoms. The third-order valence-corrected chi connectivity index (χ3v) is 24.9. The van der Waals surface area contributed by atoms with Crippen LogP contribution >= 0.6 is 0 Å². The van der Waals surface area contributed by atoms with E-state index in [-0.39, 0.29) is 50.0 Å². The number of esters is 2. The Morgan fingerprint density at radius 1 is 0.580 bits per heavy atom. The number of methoxy groups -OCH3 is 1. The van der Waals surface area contributed by atoms with E-state index in [9.17, 15) is 91.3 Å². The highest BCUT2D eigenvalue weighted by molar-refractivity contribution is 5.87. The number of aliphatic hydroxyl groups is 15. The van der Waals surface area contributed by atoms with Crippen LogP contribution in [0.5, 0.6) is 5.75 Å². The Hall–Kier alpha value is -4.05. The predicted octanol–water partition coefficient (Wildman–Crippen LogP) is -2.24. The number of benzene rings is 1. The summed E-state index contributed by atoms with van der Waals surface area (Å²) in [7, 11) is 1.50. The van der Waals surface area contributed by atoms with Gasteiger partial charge in [-0.05, 0) is 136 Å². The van der Waals surface area contributed by atoms with Crippen LogP contribution in [0.1, 0.15) is 112 Å². The maximum absolute atomic E-state index is 15.9. The summed E-state index contributed by atoms with van der Waals surface area (Å²) in [5.74, 6) is -4.07. The van der Waals surface area contributed by atoms with E-state index in [1.54, 1.807) is 24.3 Å². The van der Waals surface area contributed by atoms with E-state index in [1.165, 1.54) is 34.0 Å². The van der Waals surface area contributed by atoms with E-state index in [2.05, 4.69) is 26.8 Å². The maximum atomic E-state index is 15.9. The van der Waals surface area contributed by atoms with Gasteiger partial charge in [0.25, 0.3) is 0 Å². The monoisotopic (exact) mass is 1430 g/mol. The third kappa shape index (κ3) is 13.3. The summed E-state index contributed by atoms with van der Waals surface area (Å²) >= 11 is 0. The second-order valence-corrected chi connectivity index (χ2v) is 31.0. The highest BCUT2D eigenvalue weighted by Gasteiger charge is 2.74. The molecular formula is C69H102O31. The molecule has 10 aliphatic rings. The summed E-state index contributed by atoms with van der Waals surface area (Å²) in [6.45, 7) is 10.1. The zero-order valence-electron chi connectivity index (χ0n) is 57.3. The highest BCUT2D eigenvalue weighted by atomic mass is 16.8. The topological polar surface area (TPSA) is 486 Å². The van der Waals surface area contributed by atoms with Gasteiger partial charge in [0.15, 0.2) is 37.4 Å². The van der Waals surface area contributed by atoms with E-state index < -0.39 is 236 Å². The van der Waals surface area contributed by atoms with Crippen molar-refractivity contribution in [2.75, 3.05) is 33.5 Å². The number of hydrogen-bond donors (Lipinski definition) is 16. The fraction of sp³-hybridized carbons (Fsp3) is 0.812. The minimum atomic E-state index is -2.07. The Bertz CT molecular complexity index is 3100. The van der Waals surface area contributed by atoms with Crippen LogP contribution in [0.25, 0.3) is 6.08 Å². The average molecular weight is 1430 g/mol. The van der Waals surface area contributed by atoms with Crippen molar-refractivity contribution in [2.24, 2.45) is 50.2 Å².